The maximum absolute atomic E-state index is 13.5. The number of hydrogen-bond acceptors (Lipinski definition) is 4. The molecule has 2 aromatic carbocycles. The second-order valence-corrected chi connectivity index (χ2v) is 8.17. The molecule has 4 aromatic rings. The number of benzene rings is 2. The Balaban J connectivity index is 1.66. The highest BCUT2D eigenvalue weighted by molar-refractivity contribution is 7.19. The van der Waals surface area contributed by atoms with Gasteiger partial charge in [0, 0.05) is 13.5 Å². The standard InChI is InChI=1S/C24H18F2N2O3S/c1-27-23-19(13-18(32-23)5-3-4-15-6-9-17(31-2)10-7-15)22(29)28(24(27)30)14-16-8-11-20(25)21(26)12-16/h6-13H,4,14H2,1-2H3. The van der Waals surface area contributed by atoms with Crippen molar-refractivity contribution in [1.82, 2.24) is 9.13 Å². The van der Waals surface area contributed by atoms with Crippen LogP contribution in [0.25, 0.3) is 10.2 Å². The maximum Gasteiger partial charge on any atom is 0.332 e. The lowest BCUT2D eigenvalue weighted by Crippen LogP contribution is -2.38. The van der Waals surface area contributed by atoms with Crippen LogP contribution in [0.2, 0.25) is 0 Å². The van der Waals surface area contributed by atoms with Crippen molar-refractivity contribution in [1.29, 1.82) is 0 Å². The number of thiophene rings is 1. The lowest BCUT2D eigenvalue weighted by atomic mass is 10.1. The number of nitrogens with zero attached hydrogens (tertiary/aromatic N) is 2. The van der Waals surface area contributed by atoms with Gasteiger partial charge in [0.15, 0.2) is 11.6 Å². The molecule has 0 aliphatic heterocycles. The van der Waals surface area contributed by atoms with Gasteiger partial charge in [0.1, 0.15) is 10.6 Å². The van der Waals surface area contributed by atoms with Crippen molar-refractivity contribution in [3.05, 3.63) is 97.0 Å². The molecule has 0 bridgehead atoms. The molecule has 0 radical (unpaired) electrons. The molecule has 0 aliphatic rings. The Morgan fingerprint density at radius 3 is 2.41 bits per heavy atom. The second kappa shape index (κ2) is 8.81. The van der Waals surface area contributed by atoms with Gasteiger partial charge in [0.2, 0.25) is 0 Å². The highest BCUT2D eigenvalue weighted by atomic mass is 32.1. The Hall–Kier alpha value is -3.70. The lowest BCUT2D eigenvalue weighted by molar-refractivity contribution is 0.414. The lowest BCUT2D eigenvalue weighted by Gasteiger charge is -2.08. The molecule has 0 amide bonds. The third-order valence-corrected chi connectivity index (χ3v) is 6.13. The van der Waals surface area contributed by atoms with Crippen LogP contribution in [0, 0.1) is 23.5 Å². The zero-order chi connectivity index (χ0) is 22.8. The average Bonchev–Trinajstić information content (AvgIpc) is 3.22. The molecule has 5 nitrogen and oxygen atoms in total. The summed E-state index contributed by atoms with van der Waals surface area (Å²) >= 11 is 1.26. The average molecular weight is 452 g/mol. The Morgan fingerprint density at radius 2 is 1.72 bits per heavy atom. The summed E-state index contributed by atoms with van der Waals surface area (Å²) in [6, 6.07) is 12.5. The number of ether oxygens (including phenoxy) is 1. The highest BCUT2D eigenvalue weighted by Gasteiger charge is 2.15. The van der Waals surface area contributed by atoms with E-state index in [1.807, 2.05) is 24.3 Å². The summed E-state index contributed by atoms with van der Waals surface area (Å²) < 4.78 is 34.2. The summed E-state index contributed by atoms with van der Waals surface area (Å²) in [6.07, 6.45) is 0.525. The minimum absolute atomic E-state index is 0.160. The van der Waals surface area contributed by atoms with Crippen molar-refractivity contribution in [2.24, 2.45) is 7.05 Å². The first-order chi connectivity index (χ1) is 15.4. The Morgan fingerprint density at radius 1 is 1.00 bits per heavy atom. The molecule has 0 fully saturated rings. The van der Waals surface area contributed by atoms with Crippen LogP contribution in [0.5, 0.6) is 5.75 Å². The van der Waals surface area contributed by atoms with Crippen molar-refractivity contribution >= 4 is 21.6 Å². The second-order valence-electron chi connectivity index (χ2n) is 7.14. The van der Waals surface area contributed by atoms with Crippen LogP contribution in [0.1, 0.15) is 16.0 Å². The summed E-state index contributed by atoms with van der Waals surface area (Å²) in [5.41, 5.74) is 0.317. The number of aromatic nitrogens is 2. The van der Waals surface area contributed by atoms with Crippen LogP contribution in [-0.2, 0) is 20.0 Å². The number of halogens is 2. The van der Waals surface area contributed by atoms with Gasteiger partial charge in [0.25, 0.3) is 5.56 Å². The van der Waals surface area contributed by atoms with E-state index in [2.05, 4.69) is 11.8 Å². The molecule has 0 N–H and O–H groups in total. The van der Waals surface area contributed by atoms with E-state index in [4.69, 9.17) is 4.74 Å². The predicted octanol–water partition coefficient (Wildman–Crippen LogP) is 3.69. The SMILES string of the molecule is COc1ccc(CC#Cc2cc3c(=O)n(Cc4ccc(F)c(F)c4)c(=O)n(C)c3s2)cc1. The van der Waals surface area contributed by atoms with Crippen LogP contribution < -0.4 is 16.0 Å². The summed E-state index contributed by atoms with van der Waals surface area (Å²) in [5.74, 6) is 4.89. The van der Waals surface area contributed by atoms with Gasteiger partial charge in [0.05, 0.1) is 23.9 Å². The molecule has 8 heteroatoms. The normalized spacial score (nSPS) is 10.8. The summed E-state index contributed by atoms with van der Waals surface area (Å²) in [5, 5.41) is 0.355. The van der Waals surface area contributed by atoms with E-state index < -0.39 is 22.9 Å². The minimum Gasteiger partial charge on any atom is -0.497 e. The zero-order valence-electron chi connectivity index (χ0n) is 17.3. The van der Waals surface area contributed by atoms with E-state index in [0.29, 0.717) is 27.1 Å². The predicted molar refractivity (Wildman–Crippen MR) is 120 cm³/mol. The van der Waals surface area contributed by atoms with Crippen LogP contribution in [0.4, 0.5) is 8.78 Å². The zero-order valence-corrected chi connectivity index (χ0v) is 18.1. The third kappa shape index (κ3) is 4.20. The molecule has 0 atom stereocenters. The molecule has 2 aromatic heterocycles. The monoisotopic (exact) mass is 452 g/mol. The molecule has 2 heterocycles. The molecule has 0 spiro atoms. The fraction of sp³-hybridized carbons (Fsp3) is 0.167. The summed E-state index contributed by atoms with van der Waals surface area (Å²) in [6.45, 7) is -0.160. The van der Waals surface area contributed by atoms with Crippen LogP contribution >= 0.6 is 11.3 Å². The molecule has 0 aliphatic carbocycles. The fourth-order valence-electron chi connectivity index (χ4n) is 3.28. The molecule has 0 saturated heterocycles. The first-order valence-electron chi connectivity index (χ1n) is 9.66. The van der Waals surface area contributed by atoms with Crippen LogP contribution in [-0.4, -0.2) is 16.2 Å². The maximum atomic E-state index is 13.5. The summed E-state index contributed by atoms with van der Waals surface area (Å²) in [7, 11) is 3.17. The quantitative estimate of drug-likeness (QED) is 0.444. The number of methoxy groups -OCH3 is 1. The minimum atomic E-state index is -1.03. The highest BCUT2D eigenvalue weighted by Crippen LogP contribution is 2.21. The summed E-state index contributed by atoms with van der Waals surface area (Å²) in [4.78, 5) is 26.9. The van der Waals surface area contributed by atoms with Gasteiger partial charge in [-0.3, -0.25) is 13.9 Å². The van der Waals surface area contributed by atoms with E-state index in [0.717, 1.165) is 28.0 Å². The number of hydrogen-bond donors (Lipinski definition) is 0. The van der Waals surface area contributed by atoms with E-state index >= 15 is 0 Å². The first-order valence-corrected chi connectivity index (χ1v) is 10.5. The number of fused-ring (bicyclic) bond motifs is 1. The fourth-order valence-corrected chi connectivity index (χ4v) is 4.26. The largest absolute Gasteiger partial charge is 0.497 e. The Labute approximate surface area is 186 Å². The van der Waals surface area contributed by atoms with E-state index in [9.17, 15) is 18.4 Å². The van der Waals surface area contributed by atoms with Gasteiger partial charge in [-0.25, -0.2) is 13.6 Å². The first kappa shape index (κ1) is 21.5. The third-order valence-electron chi connectivity index (χ3n) is 5.00. The van der Waals surface area contributed by atoms with Gasteiger partial charge in [-0.1, -0.05) is 30.0 Å². The van der Waals surface area contributed by atoms with E-state index in [1.165, 1.54) is 22.0 Å². The molecular weight excluding hydrogens is 434 g/mol. The van der Waals surface area contributed by atoms with Gasteiger partial charge < -0.3 is 4.74 Å². The van der Waals surface area contributed by atoms with Crippen molar-refractivity contribution in [2.45, 2.75) is 13.0 Å². The van der Waals surface area contributed by atoms with Gasteiger partial charge in [-0.05, 0) is 41.5 Å². The van der Waals surface area contributed by atoms with Crippen molar-refractivity contribution in [2.75, 3.05) is 7.11 Å². The molecular formula is C24H18F2N2O3S. The smallest absolute Gasteiger partial charge is 0.332 e. The van der Waals surface area contributed by atoms with Crippen LogP contribution in [0.15, 0.2) is 58.1 Å². The van der Waals surface area contributed by atoms with Gasteiger partial charge in [-0.2, -0.15) is 0 Å². The Kier molecular flexibility index (Phi) is 5.93. The van der Waals surface area contributed by atoms with Crippen molar-refractivity contribution in [3.63, 3.8) is 0 Å². The van der Waals surface area contributed by atoms with E-state index in [1.54, 1.807) is 20.2 Å². The van der Waals surface area contributed by atoms with Gasteiger partial charge in [-0.15, -0.1) is 11.3 Å². The number of rotatable bonds is 4. The van der Waals surface area contributed by atoms with E-state index in [-0.39, 0.29) is 6.54 Å². The molecule has 0 unspecified atom stereocenters. The molecule has 4 rings (SSSR count). The Bertz CT molecular complexity index is 1490. The topological polar surface area (TPSA) is 53.2 Å². The number of aryl methyl sites for hydroxylation is 1. The molecule has 32 heavy (non-hydrogen) atoms. The van der Waals surface area contributed by atoms with Crippen molar-refractivity contribution < 1.29 is 13.5 Å². The molecule has 162 valence electrons. The van der Waals surface area contributed by atoms with Gasteiger partial charge >= 0.3 is 5.69 Å². The molecule has 0 saturated carbocycles. The van der Waals surface area contributed by atoms with Crippen molar-refractivity contribution in [3.8, 4) is 17.6 Å². The van der Waals surface area contributed by atoms with Crippen LogP contribution in [0.3, 0.4) is 0 Å².